The van der Waals surface area contributed by atoms with Gasteiger partial charge in [-0.05, 0) is 12.1 Å². The van der Waals surface area contributed by atoms with Gasteiger partial charge in [-0.3, -0.25) is 19.8 Å². The predicted octanol–water partition coefficient (Wildman–Crippen LogP) is -0.156. The first-order valence-electron chi connectivity index (χ1n) is 6.44. The van der Waals surface area contributed by atoms with E-state index in [0.29, 0.717) is 18.8 Å². The molecular formula is C13H19N3O5. The molecule has 0 bridgehead atoms. The molecule has 1 aromatic carbocycles. The Labute approximate surface area is 122 Å². The lowest BCUT2D eigenvalue weighted by Crippen LogP contribution is -2.40. The van der Waals surface area contributed by atoms with Crippen molar-refractivity contribution >= 4 is 17.3 Å². The third-order valence-electron chi connectivity index (χ3n) is 3.01. The number of nitrogens with zero attached hydrogens (tertiary/aromatic N) is 3. The summed E-state index contributed by atoms with van der Waals surface area (Å²) >= 11 is 0. The van der Waals surface area contributed by atoms with E-state index in [1.165, 1.54) is 29.2 Å². The second kappa shape index (κ2) is 8.30. The van der Waals surface area contributed by atoms with Gasteiger partial charge in [0.05, 0.1) is 24.7 Å². The molecule has 8 nitrogen and oxygen atoms in total. The first kappa shape index (κ1) is 17.0. The summed E-state index contributed by atoms with van der Waals surface area (Å²) in [4.78, 5) is 25.2. The van der Waals surface area contributed by atoms with Crippen molar-refractivity contribution in [1.82, 2.24) is 4.90 Å². The minimum atomic E-state index is -0.504. The fourth-order valence-corrected chi connectivity index (χ4v) is 1.79. The van der Waals surface area contributed by atoms with Crippen LogP contribution in [0.25, 0.3) is 0 Å². The van der Waals surface area contributed by atoms with E-state index in [1.807, 2.05) is 0 Å². The van der Waals surface area contributed by atoms with Gasteiger partial charge < -0.3 is 15.1 Å². The number of nitro benzene ring substituents is 1. The number of hydrogen-bond donors (Lipinski definition) is 2. The van der Waals surface area contributed by atoms with Crippen molar-refractivity contribution in [2.45, 2.75) is 0 Å². The number of carbonyl (C=O) groups is 1. The van der Waals surface area contributed by atoms with E-state index in [4.69, 9.17) is 10.2 Å². The van der Waals surface area contributed by atoms with Gasteiger partial charge in [0.25, 0.3) is 5.69 Å². The Morgan fingerprint density at radius 3 is 2.14 bits per heavy atom. The van der Waals surface area contributed by atoms with E-state index in [0.717, 1.165) is 0 Å². The molecule has 21 heavy (non-hydrogen) atoms. The molecule has 0 aromatic heterocycles. The molecular weight excluding hydrogens is 278 g/mol. The van der Waals surface area contributed by atoms with Crippen molar-refractivity contribution < 1.29 is 19.9 Å². The Morgan fingerprint density at radius 1 is 1.19 bits per heavy atom. The quantitative estimate of drug-likeness (QED) is 0.510. The molecule has 0 aliphatic carbocycles. The van der Waals surface area contributed by atoms with Gasteiger partial charge in [0.2, 0.25) is 5.91 Å². The van der Waals surface area contributed by atoms with Crippen molar-refractivity contribution in [3.63, 3.8) is 0 Å². The molecule has 1 amide bonds. The highest BCUT2D eigenvalue weighted by Gasteiger charge is 2.16. The second-order valence-corrected chi connectivity index (χ2v) is 4.45. The molecule has 0 spiro atoms. The van der Waals surface area contributed by atoms with Crippen molar-refractivity contribution in [2.24, 2.45) is 0 Å². The molecule has 1 rings (SSSR count). The molecule has 8 heteroatoms. The van der Waals surface area contributed by atoms with Crippen LogP contribution in [-0.2, 0) is 4.79 Å². The molecule has 0 saturated carbocycles. The van der Waals surface area contributed by atoms with Crippen LogP contribution in [-0.4, -0.2) is 65.8 Å². The highest BCUT2D eigenvalue weighted by molar-refractivity contribution is 5.94. The Morgan fingerprint density at radius 2 is 1.71 bits per heavy atom. The number of rotatable bonds is 8. The number of non-ortho nitro benzene ring substituents is 1. The molecule has 0 aliphatic rings. The zero-order valence-electron chi connectivity index (χ0n) is 11.8. The topological polar surface area (TPSA) is 107 Å². The van der Waals surface area contributed by atoms with Crippen LogP contribution in [0, 0.1) is 10.1 Å². The van der Waals surface area contributed by atoms with E-state index >= 15 is 0 Å². The van der Waals surface area contributed by atoms with Crippen LogP contribution < -0.4 is 4.90 Å². The Kier molecular flexibility index (Phi) is 6.73. The van der Waals surface area contributed by atoms with Crippen LogP contribution in [0.3, 0.4) is 0 Å². The summed E-state index contributed by atoms with van der Waals surface area (Å²) in [5, 5.41) is 28.4. The average Bonchev–Trinajstić information content (AvgIpc) is 2.47. The van der Waals surface area contributed by atoms with Gasteiger partial charge in [0.1, 0.15) is 0 Å². The second-order valence-electron chi connectivity index (χ2n) is 4.45. The third kappa shape index (κ3) is 5.10. The maximum atomic E-state index is 12.1. The van der Waals surface area contributed by atoms with Gasteiger partial charge in [-0.15, -0.1) is 0 Å². The standard InChI is InChI=1S/C13H19N3O5/c1-14(11-2-4-12(5-3-11)16(20)21)13(19)10-15(6-8-17)7-9-18/h2-5,17-18H,6-10H2,1H3. The first-order chi connectivity index (χ1) is 9.99. The molecule has 0 atom stereocenters. The van der Waals surface area contributed by atoms with Crippen LogP contribution in [0.5, 0.6) is 0 Å². The number of aliphatic hydroxyl groups is 2. The summed E-state index contributed by atoms with van der Waals surface area (Å²) in [7, 11) is 1.57. The van der Waals surface area contributed by atoms with E-state index in [9.17, 15) is 14.9 Å². The summed E-state index contributed by atoms with van der Waals surface area (Å²) in [6.07, 6.45) is 0. The number of carbonyl (C=O) groups excluding carboxylic acids is 1. The van der Waals surface area contributed by atoms with Gasteiger partial charge in [-0.25, -0.2) is 0 Å². The molecule has 1 aromatic rings. The Balaban J connectivity index is 2.70. The summed E-state index contributed by atoms with van der Waals surface area (Å²) < 4.78 is 0. The van der Waals surface area contributed by atoms with Gasteiger partial charge in [0, 0.05) is 38.0 Å². The minimum absolute atomic E-state index is 0.0400. The average molecular weight is 297 g/mol. The van der Waals surface area contributed by atoms with Gasteiger partial charge in [0.15, 0.2) is 0 Å². The number of amides is 1. The normalized spacial score (nSPS) is 10.7. The molecule has 116 valence electrons. The molecule has 2 N–H and O–H groups in total. The van der Waals surface area contributed by atoms with Gasteiger partial charge >= 0.3 is 0 Å². The smallest absolute Gasteiger partial charge is 0.269 e. The highest BCUT2D eigenvalue weighted by Crippen LogP contribution is 2.18. The third-order valence-corrected chi connectivity index (χ3v) is 3.01. The molecule has 0 aliphatic heterocycles. The summed E-state index contributed by atoms with van der Waals surface area (Å²) in [5.41, 5.74) is 0.500. The first-order valence-corrected chi connectivity index (χ1v) is 6.44. The van der Waals surface area contributed by atoms with Crippen molar-refractivity contribution in [3.05, 3.63) is 34.4 Å². The Hall–Kier alpha value is -2.03. The van der Waals surface area contributed by atoms with Gasteiger partial charge in [-0.2, -0.15) is 0 Å². The molecule has 0 heterocycles. The van der Waals surface area contributed by atoms with E-state index in [2.05, 4.69) is 0 Å². The van der Waals surface area contributed by atoms with Crippen LogP contribution in [0.15, 0.2) is 24.3 Å². The lowest BCUT2D eigenvalue weighted by atomic mass is 10.2. The van der Waals surface area contributed by atoms with Crippen LogP contribution in [0.1, 0.15) is 0 Å². The number of aliphatic hydroxyl groups excluding tert-OH is 2. The Bertz CT molecular complexity index is 471. The fraction of sp³-hybridized carbons (Fsp3) is 0.462. The molecule has 0 saturated heterocycles. The van der Waals surface area contributed by atoms with Crippen LogP contribution >= 0.6 is 0 Å². The molecule has 0 unspecified atom stereocenters. The van der Waals surface area contributed by atoms with E-state index in [1.54, 1.807) is 11.9 Å². The number of hydrogen-bond acceptors (Lipinski definition) is 6. The highest BCUT2D eigenvalue weighted by atomic mass is 16.6. The van der Waals surface area contributed by atoms with E-state index < -0.39 is 4.92 Å². The molecule has 0 radical (unpaired) electrons. The van der Waals surface area contributed by atoms with E-state index in [-0.39, 0.29) is 31.4 Å². The monoisotopic (exact) mass is 297 g/mol. The SMILES string of the molecule is CN(C(=O)CN(CCO)CCO)c1ccc([N+](=O)[O-])cc1. The zero-order chi connectivity index (χ0) is 15.8. The number of anilines is 1. The van der Waals surface area contributed by atoms with Gasteiger partial charge in [-0.1, -0.05) is 0 Å². The fourth-order valence-electron chi connectivity index (χ4n) is 1.79. The lowest BCUT2D eigenvalue weighted by Gasteiger charge is -2.23. The maximum absolute atomic E-state index is 12.1. The van der Waals surface area contributed by atoms with Crippen LogP contribution in [0.4, 0.5) is 11.4 Å². The minimum Gasteiger partial charge on any atom is -0.395 e. The van der Waals surface area contributed by atoms with Crippen molar-refractivity contribution in [1.29, 1.82) is 0 Å². The molecule has 0 fully saturated rings. The maximum Gasteiger partial charge on any atom is 0.269 e. The zero-order valence-corrected chi connectivity index (χ0v) is 11.8. The summed E-state index contributed by atoms with van der Waals surface area (Å²) in [6, 6.07) is 5.66. The number of benzene rings is 1. The lowest BCUT2D eigenvalue weighted by molar-refractivity contribution is -0.384. The number of likely N-dealkylation sites (N-methyl/N-ethyl adjacent to an activating group) is 1. The van der Waals surface area contributed by atoms with Crippen molar-refractivity contribution in [2.75, 3.05) is 44.8 Å². The summed E-state index contributed by atoms with van der Waals surface area (Å²) in [6.45, 7) is 0.429. The van der Waals surface area contributed by atoms with Crippen molar-refractivity contribution in [3.8, 4) is 0 Å². The predicted molar refractivity (Wildman–Crippen MR) is 77.1 cm³/mol. The summed E-state index contributed by atoms with van der Waals surface area (Å²) in [5.74, 6) is -0.231. The van der Waals surface area contributed by atoms with Crippen LogP contribution in [0.2, 0.25) is 0 Å². The number of nitro groups is 1. The largest absolute Gasteiger partial charge is 0.395 e.